The van der Waals surface area contributed by atoms with Crippen LogP contribution in [0.1, 0.15) is 24.0 Å². The second-order valence-electron chi connectivity index (χ2n) is 7.12. The Morgan fingerprint density at radius 1 is 1.11 bits per heavy atom. The summed E-state index contributed by atoms with van der Waals surface area (Å²) < 4.78 is 1.02. The van der Waals surface area contributed by atoms with E-state index in [4.69, 9.17) is 0 Å². The highest BCUT2D eigenvalue weighted by atomic mass is 35.5. The van der Waals surface area contributed by atoms with Crippen molar-refractivity contribution in [2.75, 3.05) is 38.6 Å². The largest absolute Gasteiger partial charge is 0.308 e. The molecule has 28 heavy (non-hydrogen) atoms. The zero-order valence-corrected chi connectivity index (χ0v) is 18.2. The Morgan fingerprint density at radius 3 is 2.32 bits per heavy atom. The van der Waals surface area contributed by atoms with Gasteiger partial charge in [0.1, 0.15) is 6.54 Å². The van der Waals surface area contributed by atoms with Crippen LogP contribution in [0.5, 0.6) is 0 Å². The lowest BCUT2D eigenvalue weighted by Gasteiger charge is -2.24. The van der Waals surface area contributed by atoms with E-state index in [1.807, 2.05) is 38.9 Å². The third-order valence-corrected chi connectivity index (χ3v) is 5.78. The van der Waals surface area contributed by atoms with Crippen LogP contribution >= 0.6 is 23.7 Å². The minimum atomic E-state index is -0.284. The van der Waals surface area contributed by atoms with Gasteiger partial charge in [0.25, 0.3) is 0 Å². The van der Waals surface area contributed by atoms with Gasteiger partial charge in [-0.15, -0.1) is 12.4 Å². The van der Waals surface area contributed by atoms with Gasteiger partial charge in [-0.1, -0.05) is 11.3 Å². The summed E-state index contributed by atoms with van der Waals surface area (Å²) in [5.41, 5.74) is 3.19. The van der Waals surface area contributed by atoms with Gasteiger partial charge < -0.3 is 4.90 Å². The van der Waals surface area contributed by atoms with E-state index in [0.29, 0.717) is 18.2 Å². The molecule has 1 fully saturated rings. The molecule has 2 aromatic rings. The molecule has 1 aromatic heterocycles. The standard InChI is InChI=1S/C19H24N4O3S.ClH/c1-12-9-14-15(10-13(12)2)27-19(20-14)22(8-7-21(3)4)18(26)11-23-16(24)5-6-17(23)25;/h9-10H,5-8,11H2,1-4H3;1H. The van der Waals surface area contributed by atoms with Crippen molar-refractivity contribution in [1.29, 1.82) is 0 Å². The Kier molecular flexibility index (Phi) is 7.14. The van der Waals surface area contributed by atoms with Crippen molar-refractivity contribution >= 4 is 56.8 Å². The fourth-order valence-corrected chi connectivity index (χ4v) is 4.02. The molecule has 0 aliphatic carbocycles. The van der Waals surface area contributed by atoms with E-state index < -0.39 is 0 Å². The van der Waals surface area contributed by atoms with Crippen LogP contribution in [0.4, 0.5) is 5.13 Å². The van der Waals surface area contributed by atoms with Gasteiger partial charge in [-0.05, 0) is 51.2 Å². The third kappa shape index (κ3) is 4.68. The molecule has 0 radical (unpaired) electrons. The highest BCUT2D eigenvalue weighted by Gasteiger charge is 2.32. The molecule has 0 bridgehead atoms. The van der Waals surface area contributed by atoms with Gasteiger partial charge in [-0.3, -0.25) is 24.2 Å². The maximum atomic E-state index is 12.9. The van der Waals surface area contributed by atoms with Crippen LogP contribution in [0.2, 0.25) is 0 Å². The minimum absolute atomic E-state index is 0. The average Bonchev–Trinajstić information content (AvgIpc) is 3.13. The number of anilines is 1. The monoisotopic (exact) mass is 424 g/mol. The number of amides is 3. The summed E-state index contributed by atoms with van der Waals surface area (Å²) in [5.74, 6) is -0.846. The van der Waals surface area contributed by atoms with E-state index in [9.17, 15) is 14.4 Å². The molecule has 7 nitrogen and oxygen atoms in total. The van der Waals surface area contributed by atoms with Crippen LogP contribution < -0.4 is 4.90 Å². The van der Waals surface area contributed by atoms with Crippen molar-refractivity contribution in [3.05, 3.63) is 23.3 Å². The summed E-state index contributed by atoms with van der Waals surface area (Å²) in [7, 11) is 3.86. The Bertz CT molecular complexity index is 857. The molecule has 1 aliphatic heterocycles. The third-order valence-electron chi connectivity index (χ3n) is 4.74. The van der Waals surface area contributed by atoms with Gasteiger partial charge in [-0.2, -0.15) is 0 Å². The second kappa shape index (κ2) is 8.98. The molecule has 0 atom stereocenters. The number of likely N-dealkylation sites (N-methyl/N-ethyl adjacent to an activating group) is 1. The van der Waals surface area contributed by atoms with E-state index in [1.165, 1.54) is 16.9 Å². The van der Waals surface area contributed by atoms with E-state index in [0.717, 1.165) is 20.7 Å². The quantitative estimate of drug-likeness (QED) is 0.665. The maximum Gasteiger partial charge on any atom is 0.248 e. The Hall–Kier alpha value is -2.03. The van der Waals surface area contributed by atoms with Gasteiger partial charge >= 0.3 is 0 Å². The second-order valence-corrected chi connectivity index (χ2v) is 8.13. The van der Waals surface area contributed by atoms with Crippen molar-refractivity contribution in [3.8, 4) is 0 Å². The number of likely N-dealkylation sites (tertiary alicyclic amines) is 1. The molecule has 1 aliphatic rings. The lowest BCUT2D eigenvalue weighted by atomic mass is 10.1. The molecule has 1 aromatic carbocycles. The average molecular weight is 425 g/mol. The predicted molar refractivity (Wildman–Crippen MR) is 113 cm³/mol. The first-order valence-electron chi connectivity index (χ1n) is 8.92. The van der Waals surface area contributed by atoms with Crippen LogP contribution in [0.25, 0.3) is 10.2 Å². The summed E-state index contributed by atoms with van der Waals surface area (Å²) in [6.07, 6.45) is 0.368. The molecule has 2 heterocycles. The highest BCUT2D eigenvalue weighted by molar-refractivity contribution is 7.22. The topological polar surface area (TPSA) is 73.8 Å². The molecular formula is C19H25ClN4O3S. The summed E-state index contributed by atoms with van der Waals surface area (Å²) in [6.45, 7) is 4.96. The number of carbonyl (C=O) groups excluding carboxylic acids is 3. The summed E-state index contributed by atoms with van der Waals surface area (Å²) in [4.78, 5) is 46.0. The van der Waals surface area contributed by atoms with E-state index in [-0.39, 0.29) is 49.5 Å². The first-order chi connectivity index (χ1) is 12.8. The molecule has 9 heteroatoms. The van der Waals surface area contributed by atoms with Crippen molar-refractivity contribution in [2.24, 2.45) is 0 Å². The summed E-state index contributed by atoms with van der Waals surface area (Å²) in [5, 5.41) is 0.598. The molecule has 3 amide bonds. The van der Waals surface area contributed by atoms with Crippen LogP contribution in [-0.4, -0.2) is 66.2 Å². The molecule has 152 valence electrons. The number of imide groups is 1. The first kappa shape index (κ1) is 22.3. The van der Waals surface area contributed by atoms with Crippen LogP contribution in [-0.2, 0) is 14.4 Å². The van der Waals surface area contributed by atoms with Gasteiger partial charge in [-0.25, -0.2) is 4.98 Å². The number of aromatic nitrogens is 1. The van der Waals surface area contributed by atoms with Gasteiger partial charge in [0.05, 0.1) is 10.2 Å². The number of benzene rings is 1. The molecule has 0 N–H and O–H groups in total. The predicted octanol–water partition coefficient (Wildman–Crippen LogP) is 2.38. The van der Waals surface area contributed by atoms with Crippen molar-refractivity contribution in [3.63, 3.8) is 0 Å². The van der Waals surface area contributed by atoms with Gasteiger partial charge in [0, 0.05) is 25.9 Å². The van der Waals surface area contributed by atoms with E-state index in [2.05, 4.69) is 11.1 Å². The molecule has 0 unspecified atom stereocenters. The minimum Gasteiger partial charge on any atom is -0.308 e. The number of rotatable bonds is 6. The van der Waals surface area contributed by atoms with Crippen molar-refractivity contribution in [1.82, 2.24) is 14.8 Å². The van der Waals surface area contributed by atoms with Gasteiger partial charge in [0.15, 0.2) is 5.13 Å². The fraction of sp³-hybridized carbons (Fsp3) is 0.474. The number of fused-ring (bicyclic) bond motifs is 1. The number of hydrogen-bond acceptors (Lipinski definition) is 6. The Morgan fingerprint density at radius 2 is 1.71 bits per heavy atom. The summed E-state index contributed by atoms with van der Waals surface area (Å²) in [6, 6.07) is 4.10. The highest BCUT2D eigenvalue weighted by Crippen LogP contribution is 2.31. The smallest absolute Gasteiger partial charge is 0.248 e. The fourth-order valence-electron chi connectivity index (χ4n) is 2.93. The lowest BCUT2D eigenvalue weighted by molar-refractivity contribution is -0.141. The maximum absolute atomic E-state index is 12.9. The zero-order chi connectivity index (χ0) is 19.7. The molecule has 0 saturated carbocycles. The Labute approximate surface area is 174 Å². The van der Waals surface area contributed by atoms with Crippen molar-refractivity contribution < 1.29 is 14.4 Å². The first-order valence-corrected chi connectivity index (χ1v) is 9.74. The molecule has 1 saturated heterocycles. The number of nitrogens with zero attached hydrogens (tertiary/aromatic N) is 4. The molecule has 0 spiro atoms. The number of aryl methyl sites for hydroxylation is 2. The SMILES string of the molecule is Cc1cc2nc(N(CCN(C)C)C(=O)CN3C(=O)CCC3=O)sc2cc1C.Cl. The van der Waals surface area contributed by atoms with Gasteiger partial charge in [0.2, 0.25) is 17.7 Å². The number of hydrogen-bond donors (Lipinski definition) is 0. The molecular weight excluding hydrogens is 400 g/mol. The van der Waals surface area contributed by atoms with E-state index in [1.54, 1.807) is 4.90 Å². The van der Waals surface area contributed by atoms with Crippen LogP contribution in [0.15, 0.2) is 12.1 Å². The zero-order valence-electron chi connectivity index (χ0n) is 16.5. The summed E-state index contributed by atoms with van der Waals surface area (Å²) >= 11 is 1.45. The van der Waals surface area contributed by atoms with E-state index >= 15 is 0 Å². The normalized spacial score (nSPS) is 14.1. The number of carbonyl (C=O) groups is 3. The lowest BCUT2D eigenvalue weighted by Crippen LogP contribution is -2.44. The van der Waals surface area contributed by atoms with Crippen LogP contribution in [0, 0.1) is 13.8 Å². The van der Waals surface area contributed by atoms with Crippen LogP contribution in [0.3, 0.4) is 0 Å². The Balaban J connectivity index is 0.00000280. The number of halogens is 1. The number of thiazole rings is 1. The molecule has 3 rings (SSSR count). The van der Waals surface area contributed by atoms with Crippen molar-refractivity contribution in [2.45, 2.75) is 26.7 Å².